The van der Waals surface area contributed by atoms with Crippen LogP contribution in [0.1, 0.15) is 10.4 Å². The van der Waals surface area contributed by atoms with Crippen molar-refractivity contribution in [1.82, 2.24) is 0 Å². The molecule has 0 aliphatic carbocycles. The lowest BCUT2D eigenvalue weighted by Gasteiger charge is -2.08. The molecule has 106 valence electrons. The van der Waals surface area contributed by atoms with Gasteiger partial charge in [-0.3, -0.25) is 4.79 Å². The highest BCUT2D eigenvalue weighted by atomic mass is 79.9. The van der Waals surface area contributed by atoms with Crippen molar-refractivity contribution in [2.45, 2.75) is 0 Å². The number of halogens is 3. The summed E-state index contributed by atoms with van der Waals surface area (Å²) in [6.45, 7) is -0.113. The third-order valence-electron chi connectivity index (χ3n) is 2.45. The van der Waals surface area contributed by atoms with E-state index < -0.39 is 0 Å². The van der Waals surface area contributed by atoms with Crippen molar-refractivity contribution in [2.75, 3.05) is 13.7 Å². The Morgan fingerprint density at radius 3 is 2.65 bits per heavy atom. The SMILES string of the molecule is COc1ccc(OCC(=O)c2cc(Cl)sc2Cl)c(Br)c1. The van der Waals surface area contributed by atoms with Crippen LogP contribution in [0.4, 0.5) is 0 Å². The molecular formula is C13H9BrCl2O3S. The zero-order valence-corrected chi connectivity index (χ0v) is 14.2. The lowest BCUT2D eigenvalue weighted by Crippen LogP contribution is -2.11. The molecule has 0 aliphatic rings. The van der Waals surface area contributed by atoms with E-state index in [1.807, 2.05) is 0 Å². The van der Waals surface area contributed by atoms with Gasteiger partial charge in [-0.1, -0.05) is 23.2 Å². The number of hydrogen-bond donors (Lipinski definition) is 0. The highest BCUT2D eigenvalue weighted by Crippen LogP contribution is 2.32. The molecule has 0 bridgehead atoms. The summed E-state index contributed by atoms with van der Waals surface area (Å²) in [5.74, 6) is 1.03. The lowest BCUT2D eigenvalue weighted by molar-refractivity contribution is 0.0921. The van der Waals surface area contributed by atoms with Crippen LogP contribution in [-0.2, 0) is 0 Å². The Kier molecular flexibility index (Phi) is 5.32. The van der Waals surface area contributed by atoms with Gasteiger partial charge in [0.25, 0.3) is 0 Å². The van der Waals surface area contributed by atoms with Gasteiger partial charge >= 0.3 is 0 Å². The third-order valence-corrected chi connectivity index (χ3v) is 4.56. The molecule has 0 aliphatic heterocycles. The average molecular weight is 396 g/mol. The zero-order valence-electron chi connectivity index (χ0n) is 10.3. The van der Waals surface area contributed by atoms with Crippen LogP contribution in [0.2, 0.25) is 8.67 Å². The topological polar surface area (TPSA) is 35.5 Å². The second-order valence-electron chi connectivity index (χ2n) is 3.75. The fourth-order valence-corrected chi connectivity index (χ4v) is 3.45. The zero-order chi connectivity index (χ0) is 14.7. The molecule has 0 saturated carbocycles. The Balaban J connectivity index is 2.05. The summed E-state index contributed by atoms with van der Waals surface area (Å²) < 4.78 is 12.1. The number of hydrogen-bond acceptors (Lipinski definition) is 4. The van der Waals surface area contributed by atoms with Crippen molar-refractivity contribution in [1.29, 1.82) is 0 Å². The molecule has 2 rings (SSSR count). The number of carbonyl (C=O) groups excluding carboxylic acids is 1. The molecule has 7 heteroatoms. The molecule has 0 radical (unpaired) electrons. The molecule has 2 aromatic rings. The minimum absolute atomic E-state index is 0.113. The van der Waals surface area contributed by atoms with E-state index >= 15 is 0 Å². The first-order valence-corrected chi connectivity index (χ1v) is 7.82. The van der Waals surface area contributed by atoms with Crippen molar-refractivity contribution >= 4 is 56.3 Å². The van der Waals surface area contributed by atoms with Crippen LogP contribution < -0.4 is 9.47 Å². The first-order chi connectivity index (χ1) is 9.51. The fourth-order valence-electron chi connectivity index (χ4n) is 1.48. The van der Waals surface area contributed by atoms with Crippen molar-refractivity contribution in [2.24, 2.45) is 0 Å². The highest BCUT2D eigenvalue weighted by molar-refractivity contribution is 9.10. The molecular weight excluding hydrogens is 387 g/mol. The van der Waals surface area contributed by atoms with Gasteiger partial charge in [-0.05, 0) is 40.2 Å². The Hall–Kier alpha value is -0.750. The fraction of sp³-hybridized carbons (Fsp3) is 0.154. The summed E-state index contributed by atoms with van der Waals surface area (Å²) in [5, 5.41) is 0. The largest absolute Gasteiger partial charge is 0.497 e. The number of benzene rings is 1. The van der Waals surface area contributed by atoms with Gasteiger partial charge in [0.1, 0.15) is 15.8 Å². The van der Waals surface area contributed by atoms with E-state index in [2.05, 4.69) is 15.9 Å². The number of ether oxygens (including phenoxy) is 2. The quantitative estimate of drug-likeness (QED) is 0.661. The van der Waals surface area contributed by atoms with E-state index in [4.69, 9.17) is 32.7 Å². The van der Waals surface area contributed by atoms with Crippen LogP contribution in [-0.4, -0.2) is 19.5 Å². The van der Waals surface area contributed by atoms with Gasteiger partial charge in [0.2, 0.25) is 5.78 Å². The second-order valence-corrected chi connectivity index (χ2v) is 6.89. The molecule has 3 nitrogen and oxygen atoms in total. The van der Waals surface area contributed by atoms with Crippen LogP contribution in [0.25, 0.3) is 0 Å². The normalized spacial score (nSPS) is 10.4. The van der Waals surface area contributed by atoms with Gasteiger partial charge in [-0.15, -0.1) is 11.3 Å². The van der Waals surface area contributed by atoms with Crippen molar-refractivity contribution < 1.29 is 14.3 Å². The lowest BCUT2D eigenvalue weighted by atomic mass is 10.2. The van der Waals surface area contributed by atoms with Gasteiger partial charge in [0.05, 0.1) is 21.5 Å². The smallest absolute Gasteiger partial charge is 0.202 e. The van der Waals surface area contributed by atoms with Crippen molar-refractivity contribution in [3.63, 3.8) is 0 Å². The number of Topliss-reactive ketones (excluding diaryl/α,β-unsaturated/α-hetero) is 1. The minimum atomic E-state index is -0.221. The van der Waals surface area contributed by atoms with Crippen LogP contribution >= 0.6 is 50.5 Å². The summed E-state index contributed by atoms with van der Waals surface area (Å²) in [6, 6.07) is 6.77. The molecule has 0 N–H and O–H groups in total. The van der Waals surface area contributed by atoms with E-state index in [0.717, 1.165) is 11.3 Å². The van der Waals surface area contributed by atoms with Crippen LogP contribution in [0, 0.1) is 0 Å². The standard InChI is InChI=1S/C13H9BrCl2O3S/c1-18-7-2-3-11(9(14)4-7)19-6-10(17)8-5-12(15)20-13(8)16/h2-5H,6H2,1H3. The molecule has 0 unspecified atom stereocenters. The first kappa shape index (κ1) is 15.6. The van der Waals surface area contributed by atoms with Gasteiger partial charge in [0.15, 0.2) is 6.61 Å². The Morgan fingerprint density at radius 1 is 1.35 bits per heavy atom. The number of thiophene rings is 1. The molecule has 20 heavy (non-hydrogen) atoms. The summed E-state index contributed by atoms with van der Waals surface area (Å²) >= 11 is 16.2. The summed E-state index contributed by atoms with van der Waals surface area (Å²) in [5.41, 5.74) is 0.381. The molecule has 0 spiro atoms. The van der Waals surface area contributed by atoms with Crippen LogP contribution in [0.15, 0.2) is 28.7 Å². The van der Waals surface area contributed by atoms with Gasteiger partial charge < -0.3 is 9.47 Å². The van der Waals surface area contributed by atoms with E-state index in [-0.39, 0.29) is 12.4 Å². The summed E-state index contributed by atoms with van der Waals surface area (Å²) in [6.07, 6.45) is 0. The maximum atomic E-state index is 12.0. The van der Waals surface area contributed by atoms with E-state index in [9.17, 15) is 4.79 Å². The molecule has 0 saturated heterocycles. The van der Waals surface area contributed by atoms with Crippen molar-refractivity contribution in [3.05, 3.63) is 43.0 Å². The molecule has 0 fully saturated rings. The van der Waals surface area contributed by atoms with Gasteiger partial charge in [-0.25, -0.2) is 0 Å². The van der Waals surface area contributed by atoms with Crippen molar-refractivity contribution in [3.8, 4) is 11.5 Å². The van der Waals surface area contributed by atoms with E-state index in [1.165, 1.54) is 0 Å². The number of methoxy groups -OCH3 is 1. The summed E-state index contributed by atoms with van der Waals surface area (Å²) in [4.78, 5) is 12.0. The summed E-state index contributed by atoms with van der Waals surface area (Å²) in [7, 11) is 1.58. The molecule has 0 atom stereocenters. The third kappa shape index (κ3) is 3.67. The Morgan fingerprint density at radius 2 is 2.10 bits per heavy atom. The number of ketones is 1. The van der Waals surface area contributed by atoms with Crippen LogP contribution in [0.5, 0.6) is 11.5 Å². The molecule has 1 aromatic carbocycles. The Bertz CT molecular complexity index is 643. The van der Waals surface area contributed by atoms with E-state index in [1.54, 1.807) is 31.4 Å². The predicted molar refractivity (Wildman–Crippen MR) is 84.9 cm³/mol. The molecule has 1 heterocycles. The van der Waals surface area contributed by atoms with Gasteiger partial charge in [0, 0.05) is 0 Å². The molecule has 1 aromatic heterocycles. The number of carbonyl (C=O) groups is 1. The first-order valence-electron chi connectivity index (χ1n) is 5.45. The van der Waals surface area contributed by atoms with Gasteiger partial charge in [-0.2, -0.15) is 0 Å². The maximum absolute atomic E-state index is 12.0. The monoisotopic (exact) mass is 394 g/mol. The Labute approximate surface area is 138 Å². The highest BCUT2D eigenvalue weighted by Gasteiger charge is 2.15. The van der Waals surface area contributed by atoms with Crippen LogP contribution in [0.3, 0.4) is 0 Å². The van der Waals surface area contributed by atoms with E-state index in [0.29, 0.717) is 30.2 Å². The minimum Gasteiger partial charge on any atom is -0.497 e. The average Bonchev–Trinajstić information content (AvgIpc) is 2.76. The molecule has 0 amide bonds. The predicted octanol–water partition coefficient (Wildman–Crippen LogP) is 5.09. The number of rotatable bonds is 5. The second kappa shape index (κ2) is 6.80. The maximum Gasteiger partial charge on any atom is 0.202 e.